The summed E-state index contributed by atoms with van der Waals surface area (Å²) in [5.41, 5.74) is 0.259. The quantitative estimate of drug-likeness (QED) is 0.558. The van der Waals surface area contributed by atoms with Crippen molar-refractivity contribution in [3.05, 3.63) is 24.5 Å². The summed E-state index contributed by atoms with van der Waals surface area (Å²) >= 11 is 0. The maximum Gasteiger partial charge on any atom is 0.179 e. The Morgan fingerprint density at radius 2 is 1.64 bits per heavy atom. The van der Waals surface area contributed by atoms with Gasteiger partial charge in [-0.3, -0.25) is 9.00 Å². The predicted octanol–water partition coefficient (Wildman–Crippen LogP) is 4.27. The highest BCUT2D eigenvalue weighted by atomic mass is 32.2. The Morgan fingerprint density at radius 1 is 1.11 bits per heavy atom. The molecule has 1 aromatic rings. The largest absolute Gasteiger partial charge is 0.293 e. The third kappa shape index (κ3) is 3.62. The van der Waals surface area contributed by atoms with E-state index in [-0.39, 0.29) is 16.6 Å². The Bertz CT molecular complexity index is 881. The van der Waals surface area contributed by atoms with Gasteiger partial charge in [-0.25, -0.2) is 4.68 Å². The lowest BCUT2D eigenvalue weighted by molar-refractivity contribution is -0.136. The zero-order valence-electron chi connectivity index (χ0n) is 17.9. The van der Waals surface area contributed by atoms with Gasteiger partial charge in [0.25, 0.3) is 0 Å². The van der Waals surface area contributed by atoms with Crippen molar-refractivity contribution in [3.8, 4) is 0 Å². The van der Waals surface area contributed by atoms with E-state index < -0.39 is 9.52 Å². The van der Waals surface area contributed by atoms with E-state index in [1.165, 1.54) is 19.3 Å². The number of carbonyl (C=O) groups excluding carboxylic acids is 1. The molecule has 5 heteroatoms. The van der Waals surface area contributed by atoms with Crippen LogP contribution in [0, 0.1) is 28.6 Å². The second-order valence-corrected chi connectivity index (χ2v) is 13.8. The number of hydrogen-bond donors (Lipinski definition) is 0. The fraction of sp³-hybridized carbons (Fsp3) is 0.696. The average molecular weight is 403 g/mol. The van der Waals surface area contributed by atoms with E-state index in [9.17, 15) is 9.00 Å². The SMILES string of the molecule is CC(C)(C)/C=C(\C(C(=O)C12CC3CC(CC(C3)C1)C2)=S(C)(C)=O)n1cccn1. The summed E-state index contributed by atoms with van der Waals surface area (Å²) in [6.45, 7) is 6.32. The van der Waals surface area contributed by atoms with E-state index in [1.807, 2.05) is 12.3 Å². The second-order valence-electron chi connectivity index (χ2n) is 10.9. The molecule has 28 heavy (non-hydrogen) atoms. The Morgan fingerprint density at radius 3 is 2.04 bits per heavy atom. The molecule has 4 aliphatic carbocycles. The van der Waals surface area contributed by atoms with Gasteiger partial charge >= 0.3 is 0 Å². The van der Waals surface area contributed by atoms with Gasteiger partial charge in [-0.05, 0) is 77.3 Å². The van der Waals surface area contributed by atoms with Gasteiger partial charge in [0.05, 0.1) is 10.6 Å². The lowest BCUT2D eigenvalue weighted by Gasteiger charge is -2.56. The molecule has 4 aliphatic rings. The molecule has 154 valence electrons. The molecule has 0 N–H and O–H groups in total. The molecule has 4 nitrogen and oxygen atoms in total. The van der Waals surface area contributed by atoms with Crippen molar-refractivity contribution in [2.75, 3.05) is 12.5 Å². The highest BCUT2D eigenvalue weighted by molar-refractivity contribution is 8.03. The van der Waals surface area contributed by atoms with Gasteiger partial charge < -0.3 is 0 Å². The molecule has 1 aromatic heterocycles. The van der Waals surface area contributed by atoms with Crippen LogP contribution in [-0.2, 0) is 14.3 Å². The minimum atomic E-state index is -2.47. The molecule has 0 amide bonds. The number of allylic oxidation sites excluding steroid dienone is 2. The standard InChI is InChI=1S/C23H34N2O2S/c1-22(2,3)15-19(25-8-6-7-24-25)20(28(4,5)27)21(26)23-12-16-9-17(13-23)11-18(10-16)14-23/h6-8,15-18H,9-14H2,1-5H3/b19-15+. The Hall–Kier alpha value is -1.36. The lowest BCUT2D eigenvalue weighted by Crippen LogP contribution is -2.53. The fourth-order valence-corrected chi connectivity index (χ4v) is 7.60. The zero-order chi connectivity index (χ0) is 20.3. The van der Waals surface area contributed by atoms with Crippen LogP contribution in [0.4, 0.5) is 0 Å². The first-order valence-corrected chi connectivity index (χ1v) is 12.9. The normalized spacial score (nSPS) is 32.6. The smallest absolute Gasteiger partial charge is 0.179 e. The number of Topliss-reactive ketones (excluding diaryl/α,β-unsaturated/α-hetero) is 1. The van der Waals surface area contributed by atoms with Gasteiger partial charge in [0.2, 0.25) is 0 Å². The average Bonchev–Trinajstić information content (AvgIpc) is 3.04. The number of nitrogens with zero attached hydrogens (tertiary/aromatic N) is 2. The van der Waals surface area contributed by atoms with E-state index in [4.69, 9.17) is 0 Å². The van der Waals surface area contributed by atoms with Crippen LogP contribution < -0.4 is 0 Å². The van der Waals surface area contributed by atoms with Crippen molar-refractivity contribution in [2.24, 2.45) is 28.6 Å². The van der Waals surface area contributed by atoms with Crippen LogP contribution in [0.2, 0.25) is 0 Å². The molecule has 0 saturated heterocycles. The van der Waals surface area contributed by atoms with Gasteiger partial charge in [0.15, 0.2) is 5.78 Å². The molecule has 4 fully saturated rings. The molecule has 0 aromatic carbocycles. The maximum absolute atomic E-state index is 14.2. The summed E-state index contributed by atoms with van der Waals surface area (Å²) < 4.78 is 15.2. The summed E-state index contributed by atoms with van der Waals surface area (Å²) in [6, 6.07) is 1.86. The van der Waals surface area contributed by atoms with Gasteiger partial charge in [0.1, 0.15) is 0 Å². The topological polar surface area (TPSA) is 52.0 Å². The van der Waals surface area contributed by atoms with Gasteiger partial charge in [-0.15, -0.1) is 0 Å². The van der Waals surface area contributed by atoms with E-state index in [0.717, 1.165) is 19.3 Å². The number of rotatable bonds is 4. The van der Waals surface area contributed by atoms with Crippen LogP contribution in [-0.4, -0.2) is 37.1 Å². The number of carbonyl (C=O) groups is 1. The van der Waals surface area contributed by atoms with E-state index in [1.54, 1.807) is 23.4 Å². The maximum atomic E-state index is 14.2. The van der Waals surface area contributed by atoms with Gasteiger partial charge in [-0.1, -0.05) is 26.8 Å². The molecular weight excluding hydrogens is 368 g/mol. The molecule has 1 heterocycles. The van der Waals surface area contributed by atoms with Crippen LogP contribution in [0.25, 0.3) is 5.70 Å². The van der Waals surface area contributed by atoms with Crippen molar-refractivity contribution in [1.29, 1.82) is 0 Å². The molecule has 4 bridgehead atoms. The Labute approximate surface area is 169 Å². The highest BCUT2D eigenvalue weighted by Gasteiger charge is 2.55. The van der Waals surface area contributed by atoms with Crippen molar-refractivity contribution in [3.63, 3.8) is 0 Å². The monoisotopic (exact) mass is 402 g/mol. The van der Waals surface area contributed by atoms with E-state index in [0.29, 0.717) is 28.3 Å². The van der Waals surface area contributed by atoms with Gasteiger partial charge in [0, 0.05) is 30.3 Å². The minimum Gasteiger partial charge on any atom is -0.293 e. The van der Waals surface area contributed by atoms with Crippen LogP contribution in [0.15, 0.2) is 24.5 Å². The number of ketones is 1. The van der Waals surface area contributed by atoms with Crippen LogP contribution in [0.3, 0.4) is 0 Å². The summed E-state index contributed by atoms with van der Waals surface area (Å²) in [7, 11) is -2.47. The summed E-state index contributed by atoms with van der Waals surface area (Å²) in [5.74, 6) is 2.19. The first-order valence-electron chi connectivity index (χ1n) is 10.6. The van der Waals surface area contributed by atoms with E-state index in [2.05, 4.69) is 31.9 Å². The number of aromatic nitrogens is 2. The molecular formula is C23H34N2O2S. The molecule has 0 aliphatic heterocycles. The van der Waals surface area contributed by atoms with Crippen molar-refractivity contribution in [2.45, 2.75) is 59.3 Å². The molecule has 0 unspecified atom stereocenters. The zero-order valence-corrected chi connectivity index (χ0v) is 18.7. The Kier molecular flexibility index (Phi) is 4.68. The summed E-state index contributed by atoms with van der Waals surface area (Å²) in [4.78, 5) is 14.7. The van der Waals surface area contributed by atoms with Gasteiger partial charge in [-0.2, -0.15) is 5.10 Å². The fourth-order valence-electron chi connectivity index (χ4n) is 6.28. The Balaban J connectivity index is 1.85. The van der Waals surface area contributed by atoms with Crippen molar-refractivity contribution in [1.82, 2.24) is 9.78 Å². The van der Waals surface area contributed by atoms with E-state index >= 15 is 0 Å². The second kappa shape index (κ2) is 6.58. The number of hydrogen-bond acceptors (Lipinski definition) is 3. The first-order chi connectivity index (χ1) is 13.0. The minimum absolute atomic E-state index is 0.146. The van der Waals surface area contributed by atoms with Crippen LogP contribution in [0.1, 0.15) is 59.3 Å². The van der Waals surface area contributed by atoms with Crippen LogP contribution in [0.5, 0.6) is 0 Å². The molecule has 0 radical (unpaired) electrons. The van der Waals surface area contributed by atoms with Crippen molar-refractivity contribution < 1.29 is 9.00 Å². The summed E-state index contributed by atoms with van der Waals surface area (Å²) in [5, 5.41) is 4.41. The third-order valence-corrected chi connectivity index (χ3v) is 8.15. The highest BCUT2D eigenvalue weighted by Crippen LogP contribution is 2.60. The predicted molar refractivity (Wildman–Crippen MR) is 117 cm³/mol. The lowest BCUT2D eigenvalue weighted by atomic mass is 9.48. The third-order valence-electron chi connectivity index (χ3n) is 6.77. The molecule has 0 atom stereocenters. The van der Waals surface area contributed by atoms with Crippen LogP contribution >= 0.6 is 0 Å². The first kappa shape index (κ1) is 19.9. The molecule has 4 saturated carbocycles. The molecule has 0 spiro atoms. The van der Waals surface area contributed by atoms with Crippen molar-refractivity contribution >= 4 is 25.9 Å². The summed E-state index contributed by atoms with van der Waals surface area (Å²) in [6.07, 6.45) is 15.9. The molecule has 5 rings (SSSR count).